The van der Waals surface area contributed by atoms with E-state index in [4.69, 9.17) is 4.74 Å². The zero-order valence-corrected chi connectivity index (χ0v) is 14.9. The first-order valence-electron chi connectivity index (χ1n) is 8.00. The number of amides is 1. The topological polar surface area (TPSA) is 81.7 Å². The lowest BCUT2D eigenvalue weighted by molar-refractivity contribution is -0.137. The van der Waals surface area contributed by atoms with E-state index in [0.29, 0.717) is 0 Å². The molecule has 0 saturated carbocycles. The predicted molar refractivity (Wildman–Crippen MR) is 92.7 cm³/mol. The Morgan fingerprint density at radius 1 is 0.929 bits per heavy atom. The second kappa shape index (κ2) is 8.55. The van der Waals surface area contributed by atoms with Crippen molar-refractivity contribution in [3.8, 4) is 0 Å². The first kappa shape index (κ1) is 20.9. The van der Waals surface area contributed by atoms with E-state index >= 15 is 0 Å². The minimum absolute atomic E-state index is 0.0648. The smallest absolute Gasteiger partial charge is 0.418 e. The summed E-state index contributed by atoms with van der Waals surface area (Å²) in [6.45, 7) is 1.20. The summed E-state index contributed by atoms with van der Waals surface area (Å²) in [5.74, 6) is -2.72. The van der Waals surface area contributed by atoms with Gasteiger partial charge in [0.2, 0.25) is 0 Å². The van der Waals surface area contributed by atoms with Gasteiger partial charge in [-0.25, -0.2) is 9.59 Å². The summed E-state index contributed by atoms with van der Waals surface area (Å²) in [4.78, 5) is 36.2. The molecule has 1 N–H and O–H groups in total. The average molecular weight is 395 g/mol. The molecule has 148 valence electrons. The fourth-order valence-corrected chi connectivity index (χ4v) is 2.30. The van der Waals surface area contributed by atoms with Crippen LogP contribution >= 0.6 is 0 Å². The summed E-state index contributed by atoms with van der Waals surface area (Å²) in [7, 11) is 1.14. The number of hydrogen-bond donors (Lipinski definition) is 1. The van der Waals surface area contributed by atoms with Crippen molar-refractivity contribution in [2.24, 2.45) is 0 Å². The summed E-state index contributed by atoms with van der Waals surface area (Å²) in [5, 5.41) is 2.09. The van der Waals surface area contributed by atoms with Crippen molar-refractivity contribution in [3.05, 3.63) is 65.2 Å². The Balaban J connectivity index is 2.14. The first-order valence-corrected chi connectivity index (χ1v) is 8.00. The SMILES string of the molecule is COC(=O)c1ccccc1C(=O)OC(C)C(=O)Nc1ccccc1C(F)(F)F. The van der Waals surface area contributed by atoms with E-state index in [1.807, 2.05) is 0 Å². The lowest BCUT2D eigenvalue weighted by Crippen LogP contribution is -2.31. The third-order valence-electron chi connectivity index (χ3n) is 3.70. The van der Waals surface area contributed by atoms with Crippen molar-refractivity contribution in [2.45, 2.75) is 19.2 Å². The molecular formula is C19H16F3NO5. The number of hydrogen-bond acceptors (Lipinski definition) is 5. The van der Waals surface area contributed by atoms with Crippen molar-refractivity contribution in [3.63, 3.8) is 0 Å². The maximum absolute atomic E-state index is 13.0. The Morgan fingerprint density at radius 3 is 2.04 bits per heavy atom. The summed E-state index contributed by atoms with van der Waals surface area (Å²) in [5.41, 5.74) is -1.69. The van der Waals surface area contributed by atoms with Gasteiger partial charge in [0.25, 0.3) is 5.91 Å². The van der Waals surface area contributed by atoms with Gasteiger partial charge in [0, 0.05) is 0 Å². The predicted octanol–water partition coefficient (Wildman–Crippen LogP) is 3.68. The van der Waals surface area contributed by atoms with E-state index in [0.717, 1.165) is 19.2 Å². The van der Waals surface area contributed by atoms with Gasteiger partial charge in [0.1, 0.15) is 0 Å². The average Bonchev–Trinajstić information content (AvgIpc) is 2.66. The lowest BCUT2D eigenvalue weighted by Gasteiger charge is -2.17. The minimum atomic E-state index is -4.66. The summed E-state index contributed by atoms with van der Waals surface area (Å²) in [6.07, 6.45) is -6.08. The molecule has 28 heavy (non-hydrogen) atoms. The number of benzene rings is 2. The highest BCUT2D eigenvalue weighted by atomic mass is 19.4. The molecule has 9 heteroatoms. The van der Waals surface area contributed by atoms with E-state index in [1.165, 1.54) is 43.3 Å². The van der Waals surface area contributed by atoms with E-state index in [-0.39, 0.29) is 11.1 Å². The van der Waals surface area contributed by atoms with Gasteiger partial charge >= 0.3 is 18.1 Å². The van der Waals surface area contributed by atoms with Crippen LogP contribution in [0, 0.1) is 0 Å². The molecule has 1 amide bonds. The van der Waals surface area contributed by atoms with E-state index < -0.39 is 41.4 Å². The molecule has 0 aliphatic heterocycles. The molecule has 0 heterocycles. The molecule has 0 aliphatic rings. The Labute approximate surface area is 158 Å². The fourth-order valence-electron chi connectivity index (χ4n) is 2.30. The third kappa shape index (κ3) is 4.87. The summed E-state index contributed by atoms with van der Waals surface area (Å²) >= 11 is 0. The van der Waals surface area contributed by atoms with Gasteiger partial charge in [0.05, 0.1) is 29.5 Å². The van der Waals surface area contributed by atoms with Gasteiger partial charge < -0.3 is 14.8 Å². The molecule has 1 unspecified atom stereocenters. The van der Waals surface area contributed by atoms with Crippen molar-refractivity contribution in [1.82, 2.24) is 0 Å². The molecule has 0 radical (unpaired) electrons. The third-order valence-corrected chi connectivity index (χ3v) is 3.70. The Kier molecular flexibility index (Phi) is 6.40. The maximum atomic E-state index is 13.0. The molecule has 2 rings (SSSR count). The molecule has 0 spiro atoms. The number of carbonyl (C=O) groups excluding carboxylic acids is 3. The molecule has 0 aliphatic carbocycles. The van der Waals surface area contributed by atoms with Crippen LogP contribution in [0.5, 0.6) is 0 Å². The standard InChI is InChI=1S/C19H16F3NO5/c1-11(16(24)23-15-10-6-5-9-14(15)19(20,21)22)28-18(26)13-8-4-3-7-12(13)17(25)27-2/h3-11H,1-2H3,(H,23,24). The summed E-state index contributed by atoms with van der Waals surface area (Å²) < 4.78 is 48.6. The van der Waals surface area contributed by atoms with Crippen molar-refractivity contribution in [1.29, 1.82) is 0 Å². The van der Waals surface area contributed by atoms with Crippen molar-refractivity contribution in [2.75, 3.05) is 12.4 Å². The molecule has 2 aromatic carbocycles. The van der Waals surface area contributed by atoms with Crippen molar-refractivity contribution >= 4 is 23.5 Å². The normalized spacial score (nSPS) is 12.0. The van der Waals surface area contributed by atoms with Gasteiger partial charge in [-0.15, -0.1) is 0 Å². The molecule has 0 aromatic heterocycles. The number of ether oxygens (including phenoxy) is 2. The molecule has 0 saturated heterocycles. The van der Waals surface area contributed by atoms with Gasteiger partial charge in [-0.2, -0.15) is 13.2 Å². The van der Waals surface area contributed by atoms with Crippen LogP contribution in [0.15, 0.2) is 48.5 Å². The fraction of sp³-hybridized carbons (Fsp3) is 0.211. The number of carbonyl (C=O) groups is 3. The lowest BCUT2D eigenvalue weighted by atomic mass is 10.1. The monoisotopic (exact) mass is 395 g/mol. The molecule has 0 bridgehead atoms. The first-order chi connectivity index (χ1) is 13.1. The molecule has 0 fully saturated rings. The second-order valence-electron chi connectivity index (χ2n) is 5.62. The second-order valence-corrected chi connectivity index (χ2v) is 5.62. The van der Waals surface area contributed by atoms with E-state index in [9.17, 15) is 27.6 Å². The highest BCUT2D eigenvalue weighted by Crippen LogP contribution is 2.34. The maximum Gasteiger partial charge on any atom is 0.418 e. The Bertz CT molecular complexity index is 895. The van der Waals surface area contributed by atoms with Crippen LogP contribution in [0.25, 0.3) is 0 Å². The van der Waals surface area contributed by atoms with Crippen LogP contribution in [0.3, 0.4) is 0 Å². The van der Waals surface area contributed by atoms with Gasteiger partial charge in [0.15, 0.2) is 6.10 Å². The van der Waals surface area contributed by atoms with Crippen LogP contribution in [0.2, 0.25) is 0 Å². The van der Waals surface area contributed by atoms with E-state index in [2.05, 4.69) is 10.1 Å². The van der Waals surface area contributed by atoms with Gasteiger partial charge in [-0.1, -0.05) is 24.3 Å². The van der Waals surface area contributed by atoms with Crippen LogP contribution in [0.4, 0.5) is 18.9 Å². The molecule has 2 aromatic rings. The number of halogens is 3. The highest BCUT2D eigenvalue weighted by Gasteiger charge is 2.34. The number of rotatable bonds is 5. The molecular weight excluding hydrogens is 379 g/mol. The van der Waals surface area contributed by atoms with Crippen LogP contribution < -0.4 is 5.32 Å². The number of anilines is 1. The van der Waals surface area contributed by atoms with Crippen LogP contribution in [-0.2, 0) is 20.4 Å². The number of alkyl halides is 3. The van der Waals surface area contributed by atoms with E-state index in [1.54, 1.807) is 0 Å². The minimum Gasteiger partial charge on any atom is -0.465 e. The Hall–Kier alpha value is -3.36. The zero-order chi connectivity index (χ0) is 20.9. The number of nitrogens with one attached hydrogen (secondary N) is 1. The van der Waals surface area contributed by atoms with Gasteiger partial charge in [-0.05, 0) is 31.2 Å². The van der Waals surface area contributed by atoms with Crippen LogP contribution in [0.1, 0.15) is 33.2 Å². The quantitative estimate of drug-likeness (QED) is 0.782. The largest absolute Gasteiger partial charge is 0.465 e. The van der Waals surface area contributed by atoms with Gasteiger partial charge in [-0.3, -0.25) is 4.79 Å². The number of para-hydroxylation sites is 1. The zero-order valence-electron chi connectivity index (χ0n) is 14.9. The van der Waals surface area contributed by atoms with Crippen LogP contribution in [-0.4, -0.2) is 31.1 Å². The number of methoxy groups -OCH3 is 1. The Morgan fingerprint density at radius 2 is 1.46 bits per heavy atom. The molecule has 1 atom stereocenters. The highest BCUT2D eigenvalue weighted by molar-refractivity contribution is 6.04. The number of esters is 2. The molecule has 6 nitrogen and oxygen atoms in total. The summed E-state index contributed by atoms with van der Waals surface area (Å²) in [6, 6.07) is 10.0. The van der Waals surface area contributed by atoms with Crippen molar-refractivity contribution < 1.29 is 37.0 Å².